The smallest absolute Gasteiger partial charge is 0.360 e. The normalized spacial score (nSPS) is 10.8. The van der Waals surface area contributed by atoms with Gasteiger partial charge in [-0.1, -0.05) is 17.3 Å². The lowest BCUT2D eigenvalue weighted by atomic mass is 10.3. The predicted molar refractivity (Wildman–Crippen MR) is 68.1 cm³/mol. The molecule has 108 valence electrons. The number of aromatic nitrogens is 5. The van der Waals surface area contributed by atoms with Crippen LogP contribution in [0.3, 0.4) is 0 Å². The van der Waals surface area contributed by atoms with E-state index in [1.54, 1.807) is 18.5 Å². The third-order valence-corrected chi connectivity index (χ3v) is 2.72. The van der Waals surface area contributed by atoms with Crippen LogP contribution in [0.25, 0.3) is 0 Å². The lowest BCUT2D eigenvalue weighted by Crippen LogP contribution is -2.09. The summed E-state index contributed by atoms with van der Waals surface area (Å²) < 4.78 is 11.5. The maximum Gasteiger partial charge on any atom is 0.360 e. The van der Waals surface area contributed by atoms with Crippen molar-refractivity contribution in [2.75, 3.05) is 6.61 Å². The number of rotatable bonds is 6. The van der Waals surface area contributed by atoms with Crippen LogP contribution in [0.4, 0.5) is 0 Å². The van der Waals surface area contributed by atoms with Crippen LogP contribution in [0.1, 0.15) is 48.2 Å². The monoisotopic (exact) mass is 279 g/mol. The Morgan fingerprint density at radius 3 is 2.90 bits per heavy atom. The maximum absolute atomic E-state index is 11.6. The predicted octanol–water partition coefficient (Wildman–Crippen LogP) is 1.15. The molecule has 0 unspecified atom stereocenters. The fraction of sp³-hybridized carbons (Fsp3) is 0.583. The standard InChI is InChI=1S/C12H17N5O3/c1-4-6-10-13-9(15-20-10)7-17-8(3)11(14-16-17)12(18)19-5-2/h4-7H2,1-3H3. The fourth-order valence-electron chi connectivity index (χ4n) is 1.70. The van der Waals surface area contributed by atoms with Crippen molar-refractivity contribution >= 4 is 5.97 Å². The average Bonchev–Trinajstić information content (AvgIpc) is 2.99. The van der Waals surface area contributed by atoms with E-state index in [9.17, 15) is 4.79 Å². The Morgan fingerprint density at radius 1 is 1.40 bits per heavy atom. The van der Waals surface area contributed by atoms with E-state index in [2.05, 4.69) is 20.5 Å². The summed E-state index contributed by atoms with van der Waals surface area (Å²) in [4.78, 5) is 15.9. The van der Waals surface area contributed by atoms with Crippen molar-refractivity contribution in [1.29, 1.82) is 0 Å². The molecule has 0 aliphatic heterocycles. The summed E-state index contributed by atoms with van der Waals surface area (Å²) >= 11 is 0. The Hall–Kier alpha value is -2.25. The minimum atomic E-state index is -0.476. The number of hydrogen-bond donors (Lipinski definition) is 0. The highest BCUT2D eigenvalue weighted by Crippen LogP contribution is 2.08. The molecule has 0 aromatic carbocycles. The van der Waals surface area contributed by atoms with Gasteiger partial charge in [0.15, 0.2) is 11.5 Å². The summed E-state index contributed by atoms with van der Waals surface area (Å²) in [7, 11) is 0. The van der Waals surface area contributed by atoms with Crippen molar-refractivity contribution in [3.8, 4) is 0 Å². The number of ether oxygens (including phenoxy) is 1. The first-order chi connectivity index (χ1) is 9.65. The van der Waals surface area contributed by atoms with Gasteiger partial charge in [-0.3, -0.25) is 0 Å². The van der Waals surface area contributed by atoms with Crippen molar-refractivity contribution in [3.05, 3.63) is 23.1 Å². The van der Waals surface area contributed by atoms with Crippen LogP contribution in [0.5, 0.6) is 0 Å². The number of hydrogen-bond acceptors (Lipinski definition) is 7. The summed E-state index contributed by atoms with van der Waals surface area (Å²) in [6.07, 6.45) is 1.69. The molecule has 2 heterocycles. The molecule has 8 nitrogen and oxygen atoms in total. The molecule has 0 spiro atoms. The molecule has 0 fully saturated rings. The van der Waals surface area contributed by atoms with Gasteiger partial charge in [0, 0.05) is 6.42 Å². The van der Waals surface area contributed by atoms with Gasteiger partial charge in [-0.15, -0.1) is 5.10 Å². The maximum atomic E-state index is 11.6. The summed E-state index contributed by atoms with van der Waals surface area (Å²) in [5.74, 6) is 0.638. The zero-order chi connectivity index (χ0) is 14.5. The van der Waals surface area contributed by atoms with Gasteiger partial charge < -0.3 is 9.26 Å². The Kier molecular flexibility index (Phi) is 4.44. The second-order valence-corrected chi connectivity index (χ2v) is 4.26. The first kappa shape index (κ1) is 14.2. The number of esters is 1. The first-order valence-electron chi connectivity index (χ1n) is 6.54. The van der Waals surface area contributed by atoms with Gasteiger partial charge in [0.05, 0.1) is 12.3 Å². The highest BCUT2D eigenvalue weighted by Gasteiger charge is 2.18. The van der Waals surface area contributed by atoms with E-state index in [0.29, 0.717) is 30.6 Å². The Balaban J connectivity index is 2.11. The average molecular weight is 279 g/mol. The van der Waals surface area contributed by atoms with E-state index in [0.717, 1.165) is 12.8 Å². The summed E-state index contributed by atoms with van der Waals surface area (Å²) in [6, 6.07) is 0. The lowest BCUT2D eigenvalue weighted by Gasteiger charge is -2.00. The number of nitrogens with zero attached hydrogens (tertiary/aromatic N) is 5. The van der Waals surface area contributed by atoms with Crippen LogP contribution in [0.2, 0.25) is 0 Å². The number of carbonyl (C=O) groups excluding carboxylic acids is 1. The topological polar surface area (TPSA) is 95.9 Å². The van der Waals surface area contributed by atoms with E-state index >= 15 is 0 Å². The van der Waals surface area contributed by atoms with E-state index in [1.807, 2.05) is 6.92 Å². The summed E-state index contributed by atoms with van der Waals surface area (Å²) in [5.41, 5.74) is 0.828. The third kappa shape index (κ3) is 3.01. The Labute approximate surface area is 116 Å². The van der Waals surface area contributed by atoms with Crippen molar-refractivity contribution in [2.45, 2.75) is 40.2 Å². The van der Waals surface area contributed by atoms with E-state index < -0.39 is 5.97 Å². The molecule has 0 amide bonds. The van der Waals surface area contributed by atoms with Gasteiger partial charge in [0.25, 0.3) is 0 Å². The molecule has 0 radical (unpaired) electrons. The fourth-order valence-corrected chi connectivity index (χ4v) is 1.70. The molecular formula is C12H17N5O3. The van der Waals surface area contributed by atoms with Gasteiger partial charge in [0.1, 0.15) is 6.54 Å². The molecule has 20 heavy (non-hydrogen) atoms. The highest BCUT2D eigenvalue weighted by atomic mass is 16.5. The van der Waals surface area contributed by atoms with E-state index in [-0.39, 0.29) is 5.69 Å². The van der Waals surface area contributed by atoms with Crippen molar-refractivity contribution < 1.29 is 14.1 Å². The SMILES string of the molecule is CCCc1nc(Cn2nnc(C(=O)OCC)c2C)no1. The molecule has 2 rings (SSSR count). The van der Waals surface area contributed by atoms with Crippen molar-refractivity contribution in [2.24, 2.45) is 0 Å². The van der Waals surface area contributed by atoms with E-state index in [1.165, 1.54) is 0 Å². The molecule has 0 atom stereocenters. The summed E-state index contributed by atoms with van der Waals surface area (Å²) in [5, 5.41) is 11.6. The molecule has 2 aromatic rings. The molecule has 0 N–H and O–H groups in total. The van der Waals surface area contributed by atoms with Gasteiger partial charge in [-0.05, 0) is 20.3 Å². The second kappa shape index (κ2) is 6.27. The third-order valence-electron chi connectivity index (χ3n) is 2.72. The quantitative estimate of drug-likeness (QED) is 0.731. The van der Waals surface area contributed by atoms with Crippen molar-refractivity contribution in [1.82, 2.24) is 25.1 Å². The van der Waals surface area contributed by atoms with Crippen LogP contribution in [0.15, 0.2) is 4.52 Å². The number of aryl methyl sites for hydroxylation is 1. The molecule has 0 aliphatic carbocycles. The minimum Gasteiger partial charge on any atom is -0.461 e. The minimum absolute atomic E-state index is 0.212. The van der Waals surface area contributed by atoms with Crippen LogP contribution in [-0.2, 0) is 17.7 Å². The molecule has 0 saturated heterocycles. The van der Waals surface area contributed by atoms with Gasteiger partial charge >= 0.3 is 5.97 Å². The lowest BCUT2D eigenvalue weighted by molar-refractivity contribution is 0.0518. The second-order valence-electron chi connectivity index (χ2n) is 4.26. The van der Waals surface area contributed by atoms with Gasteiger partial charge in [0.2, 0.25) is 5.89 Å². The van der Waals surface area contributed by atoms with Crippen LogP contribution in [-0.4, -0.2) is 37.7 Å². The van der Waals surface area contributed by atoms with E-state index in [4.69, 9.17) is 9.26 Å². The summed E-state index contributed by atoms with van der Waals surface area (Å²) in [6.45, 7) is 6.14. The first-order valence-corrected chi connectivity index (χ1v) is 6.54. The molecule has 0 aliphatic rings. The molecule has 8 heteroatoms. The van der Waals surface area contributed by atoms with Crippen LogP contribution < -0.4 is 0 Å². The Bertz CT molecular complexity index is 590. The van der Waals surface area contributed by atoms with Gasteiger partial charge in [-0.2, -0.15) is 4.98 Å². The largest absolute Gasteiger partial charge is 0.461 e. The zero-order valence-electron chi connectivity index (χ0n) is 11.8. The van der Waals surface area contributed by atoms with Gasteiger partial charge in [-0.25, -0.2) is 9.48 Å². The van der Waals surface area contributed by atoms with Crippen LogP contribution in [0, 0.1) is 6.92 Å². The highest BCUT2D eigenvalue weighted by molar-refractivity contribution is 5.88. The Morgan fingerprint density at radius 2 is 2.20 bits per heavy atom. The molecule has 0 bridgehead atoms. The van der Waals surface area contributed by atoms with Crippen LogP contribution >= 0.6 is 0 Å². The molecule has 0 saturated carbocycles. The van der Waals surface area contributed by atoms with Crippen molar-refractivity contribution in [3.63, 3.8) is 0 Å². The molecular weight excluding hydrogens is 262 g/mol. The zero-order valence-corrected chi connectivity index (χ0v) is 11.8. The molecule has 2 aromatic heterocycles. The number of carbonyl (C=O) groups is 1.